The Kier molecular flexibility index (Phi) is 9.68. The summed E-state index contributed by atoms with van der Waals surface area (Å²) in [6.07, 6.45) is 6.81. The number of nitriles is 1. The number of carbonyl (C=O) groups excluding carboxylic acids is 3. The van der Waals surface area contributed by atoms with Gasteiger partial charge in [0.05, 0.1) is 17.3 Å². The van der Waals surface area contributed by atoms with Crippen molar-refractivity contribution in [2.75, 3.05) is 15.7 Å². The van der Waals surface area contributed by atoms with Gasteiger partial charge in [0.1, 0.15) is 23.7 Å². The predicted octanol–water partition coefficient (Wildman–Crippen LogP) is 4.89. The van der Waals surface area contributed by atoms with Crippen LogP contribution in [0.15, 0.2) is 66.9 Å². The van der Waals surface area contributed by atoms with Gasteiger partial charge in [-0.1, -0.05) is 43.4 Å². The van der Waals surface area contributed by atoms with Crippen molar-refractivity contribution in [2.45, 2.75) is 56.7 Å². The Balaban J connectivity index is 1.78. The molecule has 4 rings (SSSR count). The fraction of sp³-hybridized carbons (Fsp3) is 0.367. The third-order valence-electron chi connectivity index (χ3n) is 7.20. The Morgan fingerprint density at radius 2 is 2.02 bits per heavy atom. The first-order valence-electron chi connectivity index (χ1n) is 13.4. The van der Waals surface area contributed by atoms with Crippen LogP contribution in [-0.4, -0.2) is 52.6 Å². The van der Waals surface area contributed by atoms with Gasteiger partial charge >= 0.3 is 0 Å². The second-order valence-corrected chi connectivity index (χ2v) is 10.5. The molecule has 1 N–H and O–H groups in total. The minimum absolute atomic E-state index is 0.0212. The highest BCUT2D eigenvalue weighted by atomic mass is 35.5. The molecule has 1 aliphatic carbocycles. The largest absolute Gasteiger partial charge is 0.351 e. The van der Waals surface area contributed by atoms with Crippen LogP contribution < -0.4 is 15.1 Å². The number of hydrogen-bond acceptors (Lipinski definition) is 5. The zero-order valence-electron chi connectivity index (χ0n) is 22.7. The van der Waals surface area contributed by atoms with E-state index in [2.05, 4.69) is 10.3 Å². The van der Waals surface area contributed by atoms with E-state index in [0.717, 1.165) is 15.9 Å². The maximum Gasteiger partial charge on any atom is 0.252 e. The molecule has 1 aromatic heterocycles. The summed E-state index contributed by atoms with van der Waals surface area (Å²) >= 11 is 5.69. The van der Waals surface area contributed by atoms with Crippen LogP contribution in [0.1, 0.15) is 38.2 Å². The molecule has 0 spiro atoms. The maximum absolute atomic E-state index is 15.4. The van der Waals surface area contributed by atoms with Crippen LogP contribution in [-0.2, 0) is 14.4 Å². The number of pyridine rings is 1. The second-order valence-electron chi connectivity index (χ2n) is 10.2. The van der Waals surface area contributed by atoms with E-state index in [9.17, 15) is 28.4 Å². The molecule has 1 aliphatic heterocycles. The molecule has 8 nitrogen and oxygen atoms in total. The number of hydrogen-bond donors (Lipinski definition) is 1. The van der Waals surface area contributed by atoms with Crippen molar-refractivity contribution in [3.63, 3.8) is 0 Å². The summed E-state index contributed by atoms with van der Waals surface area (Å²) in [5.41, 5.74) is 0.00588. The Morgan fingerprint density at radius 1 is 1.29 bits per heavy atom. The van der Waals surface area contributed by atoms with Gasteiger partial charge in [-0.15, -0.1) is 11.6 Å². The van der Waals surface area contributed by atoms with Crippen LogP contribution in [0.5, 0.6) is 0 Å². The molecule has 2 fully saturated rings. The first-order valence-corrected chi connectivity index (χ1v) is 13.9. The molecule has 1 saturated heterocycles. The molecular weight excluding hydrogens is 571 g/mol. The van der Waals surface area contributed by atoms with Crippen molar-refractivity contribution in [2.24, 2.45) is 5.92 Å². The Morgan fingerprint density at radius 3 is 2.69 bits per heavy atom. The minimum Gasteiger partial charge on any atom is -0.351 e. The molecule has 2 aromatic rings. The van der Waals surface area contributed by atoms with Gasteiger partial charge < -0.3 is 5.32 Å². The van der Waals surface area contributed by atoms with Gasteiger partial charge in [0.25, 0.3) is 11.8 Å². The number of carbonyl (C=O) groups is 3. The van der Waals surface area contributed by atoms with Crippen molar-refractivity contribution < 1.29 is 27.6 Å². The van der Waals surface area contributed by atoms with Crippen LogP contribution >= 0.6 is 11.6 Å². The highest BCUT2D eigenvalue weighted by Crippen LogP contribution is 2.38. The summed E-state index contributed by atoms with van der Waals surface area (Å²) in [6.45, 7) is 1.64. The zero-order valence-corrected chi connectivity index (χ0v) is 23.5. The third kappa shape index (κ3) is 6.82. The standard InChI is InChI=1S/C30H29ClF3N5O3/c1-19(7-3-2-6-13-31)27(28(41)37-21-16-30(33,34)17-21)39(23-9-5-4-8-22(23)32)29(42)24-10-11-26(40)38(24)25-15-20(18-35)12-14-36-25/h2-9,12,14-15,19,21,24,27H,10-11,13,16-17H2,1H3,(H,37,41)/b6-2-,7-3-/t19?,24-,27-/m0/s1. The van der Waals surface area contributed by atoms with E-state index in [1.165, 1.54) is 36.5 Å². The number of allylic oxidation sites excluding steroid dienone is 3. The molecule has 12 heteroatoms. The highest BCUT2D eigenvalue weighted by molar-refractivity contribution is 6.18. The van der Waals surface area contributed by atoms with Crippen LogP contribution in [0, 0.1) is 23.1 Å². The average Bonchev–Trinajstić information content (AvgIpc) is 3.34. The number of aromatic nitrogens is 1. The maximum atomic E-state index is 15.4. The number of benzene rings is 1. The van der Waals surface area contributed by atoms with Gasteiger partial charge in [0, 0.05) is 43.3 Å². The summed E-state index contributed by atoms with van der Waals surface area (Å²) in [4.78, 5) is 47.5. The monoisotopic (exact) mass is 599 g/mol. The van der Waals surface area contributed by atoms with Crippen LogP contribution in [0.25, 0.3) is 0 Å². The number of para-hydroxylation sites is 1. The third-order valence-corrected chi connectivity index (χ3v) is 7.38. The van der Waals surface area contributed by atoms with Gasteiger partial charge in [-0.2, -0.15) is 5.26 Å². The number of nitrogens with one attached hydrogen (secondary N) is 1. The number of amides is 3. The second kappa shape index (κ2) is 13.2. The SMILES string of the molecule is CC(/C=C\C=C/CCl)[C@@H](C(=O)NC1CC(F)(F)C1)N(C(=O)[C@@H]1CCC(=O)N1c1cc(C#N)ccn1)c1ccccc1F. The normalized spacial score (nSPS) is 19.9. The van der Waals surface area contributed by atoms with Crippen LogP contribution in [0.3, 0.4) is 0 Å². The predicted molar refractivity (Wildman–Crippen MR) is 151 cm³/mol. The van der Waals surface area contributed by atoms with E-state index < -0.39 is 66.3 Å². The van der Waals surface area contributed by atoms with Crippen molar-refractivity contribution in [3.05, 3.63) is 78.3 Å². The van der Waals surface area contributed by atoms with Crippen molar-refractivity contribution in [3.8, 4) is 6.07 Å². The molecule has 2 aliphatic rings. The molecule has 3 atom stereocenters. The molecule has 2 heterocycles. The first kappa shape index (κ1) is 30.8. The highest BCUT2D eigenvalue weighted by Gasteiger charge is 2.49. The average molecular weight is 600 g/mol. The number of nitrogens with zero attached hydrogens (tertiary/aromatic N) is 4. The van der Waals surface area contributed by atoms with E-state index in [0.29, 0.717) is 0 Å². The molecule has 3 amide bonds. The van der Waals surface area contributed by atoms with E-state index in [1.54, 1.807) is 31.2 Å². The molecular formula is C30H29ClF3N5O3. The first-order chi connectivity index (χ1) is 20.1. The number of halogens is 4. The van der Waals surface area contributed by atoms with Gasteiger partial charge in [-0.25, -0.2) is 18.2 Å². The van der Waals surface area contributed by atoms with E-state index >= 15 is 4.39 Å². The lowest BCUT2D eigenvalue weighted by molar-refractivity contribution is -0.133. The van der Waals surface area contributed by atoms with Gasteiger partial charge in [0.15, 0.2) is 0 Å². The Labute approximate surface area is 246 Å². The Bertz CT molecular complexity index is 1440. The van der Waals surface area contributed by atoms with E-state index in [4.69, 9.17) is 11.6 Å². The van der Waals surface area contributed by atoms with Crippen molar-refractivity contribution in [1.29, 1.82) is 5.26 Å². The molecule has 220 valence electrons. The zero-order chi connectivity index (χ0) is 30.4. The van der Waals surface area contributed by atoms with Crippen molar-refractivity contribution in [1.82, 2.24) is 10.3 Å². The van der Waals surface area contributed by atoms with Gasteiger partial charge in [-0.3, -0.25) is 24.2 Å². The molecule has 1 aromatic carbocycles. The summed E-state index contributed by atoms with van der Waals surface area (Å²) in [6, 6.07) is 6.82. The fourth-order valence-electron chi connectivity index (χ4n) is 5.15. The smallest absolute Gasteiger partial charge is 0.252 e. The topological polar surface area (TPSA) is 106 Å². The van der Waals surface area contributed by atoms with Gasteiger partial charge in [-0.05, 0) is 30.7 Å². The lowest BCUT2D eigenvalue weighted by Gasteiger charge is -2.40. The quantitative estimate of drug-likeness (QED) is 0.309. The lowest BCUT2D eigenvalue weighted by atomic mass is 9.87. The molecule has 1 unspecified atom stereocenters. The number of alkyl halides is 3. The van der Waals surface area contributed by atoms with Crippen LogP contribution in [0.4, 0.5) is 24.7 Å². The molecule has 0 radical (unpaired) electrons. The minimum atomic E-state index is -2.90. The Hall–Kier alpha value is -4.17. The van der Waals surface area contributed by atoms with Gasteiger partial charge in [0.2, 0.25) is 11.8 Å². The lowest BCUT2D eigenvalue weighted by Crippen LogP contribution is -2.61. The summed E-state index contributed by atoms with van der Waals surface area (Å²) < 4.78 is 42.5. The summed E-state index contributed by atoms with van der Waals surface area (Å²) in [5, 5.41) is 11.9. The van der Waals surface area contributed by atoms with E-state index in [1.807, 2.05) is 6.07 Å². The number of anilines is 2. The summed E-state index contributed by atoms with van der Waals surface area (Å²) in [5.74, 6) is -6.05. The molecule has 1 saturated carbocycles. The molecule has 42 heavy (non-hydrogen) atoms. The van der Waals surface area contributed by atoms with Crippen molar-refractivity contribution >= 4 is 40.8 Å². The molecule has 0 bridgehead atoms. The summed E-state index contributed by atoms with van der Waals surface area (Å²) in [7, 11) is 0. The van der Waals surface area contributed by atoms with E-state index in [-0.39, 0.29) is 35.8 Å². The fourth-order valence-corrected chi connectivity index (χ4v) is 5.26. The number of rotatable bonds is 10. The van der Waals surface area contributed by atoms with Crippen LogP contribution in [0.2, 0.25) is 0 Å².